The van der Waals surface area contributed by atoms with Gasteiger partial charge in [0.15, 0.2) is 0 Å². The SMILES string of the molecule is CN(C)S(=O)(=O)c1ccccc1CNC(=O)CNc1ccc(OC(F)(F)F)cc1. The van der Waals surface area contributed by atoms with Crippen LogP contribution in [0.15, 0.2) is 53.4 Å². The largest absolute Gasteiger partial charge is 0.573 e. The van der Waals surface area contributed by atoms with Crippen LogP contribution in [-0.4, -0.2) is 45.6 Å². The summed E-state index contributed by atoms with van der Waals surface area (Å²) in [4.78, 5) is 12.1. The number of rotatable bonds is 8. The molecule has 0 heterocycles. The molecular formula is C18H20F3N3O4S. The van der Waals surface area contributed by atoms with E-state index in [0.29, 0.717) is 11.3 Å². The first-order valence-corrected chi connectivity index (χ1v) is 9.80. The van der Waals surface area contributed by atoms with E-state index in [1.807, 2.05) is 0 Å². The first kappa shape index (κ1) is 22.5. The molecule has 11 heteroatoms. The van der Waals surface area contributed by atoms with E-state index in [0.717, 1.165) is 16.4 Å². The Labute approximate surface area is 166 Å². The van der Waals surface area contributed by atoms with Gasteiger partial charge in [-0.3, -0.25) is 4.79 Å². The molecule has 0 aliphatic heterocycles. The second-order valence-corrected chi connectivity index (χ2v) is 8.22. The van der Waals surface area contributed by atoms with Crippen LogP contribution in [0.2, 0.25) is 0 Å². The molecule has 2 aromatic rings. The van der Waals surface area contributed by atoms with Crippen molar-refractivity contribution in [1.82, 2.24) is 9.62 Å². The molecule has 0 aliphatic carbocycles. The van der Waals surface area contributed by atoms with Gasteiger partial charge in [-0.15, -0.1) is 13.2 Å². The number of nitrogens with zero attached hydrogens (tertiary/aromatic N) is 1. The van der Waals surface area contributed by atoms with Crippen molar-refractivity contribution in [2.45, 2.75) is 17.8 Å². The number of amides is 1. The molecule has 0 fully saturated rings. The highest BCUT2D eigenvalue weighted by Gasteiger charge is 2.30. The zero-order chi connectivity index (χ0) is 21.7. The summed E-state index contributed by atoms with van der Waals surface area (Å²) in [7, 11) is -0.821. The zero-order valence-electron chi connectivity index (χ0n) is 15.7. The molecule has 0 atom stereocenters. The van der Waals surface area contributed by atoms with Crippen LogP contribution in [0.1, 0.15) is 5.56 Å². The van der Waals surface area contributed by atoms with Crippen molar-refractivity contribution in [1.29, 1.82) is 0 Å². The molecule has 0 aromatic heterocycles. The Bertz CT molecular complexity index is 946. The number of sulfonamides is 1. The van der Waals surface area contributed by atoms with E-state index in [-0.39, 0.29) is 23.7 Å². The summed E-state index contributed by atoms with van der Waals surface area (Å²) in [6.45, 7) is -0.149. The highest BCUT2D eigenvalue weighted by Crippen LogP contribution is 2.24. The maximum absolute atomic E-state index is 12.3. The Balaban J connectivity index is 1.92. The van der Waals surface area contributed by atoms with Crippen LogP contribution in [0.25, 0.3) is 0 Å². The number of hydrogen-bond donors (Lipinski definition) is 2. The lowest BCUT2D eigenvalue weighted by molar-refractivity contribution is -0.274. The third-order valence-electron chi connectivity index (χ3n) is 3.75. The van der Waals surface area contributed by atoms with Gasteiger partial charge in [0.1, 0.15) is 5.75 Å². The predicted molar refractivity (Wildman–Crippen MR) is 101 cm³/mol. The quantitative estimate of drug-likeness (QED) is 0.671. The third kappa shape index (κ3) is 6.64. The number of alkyl halides is 3. The van der Waals surface area contributed by atoms with E-state index in [1.165, 1.54) is 32.3 Å². The van der Waals surface area contributed by atoms with Gasteiger partial charge in [-0.25, -0.2) is 12.7 Å². The van der Waals surface area contributed by atoms with Crippen LogP contribution in [0, 0.1) is 0 Å². The first-order valence-electron chi connectivity index (χ1n) is 8.36. The fourth-order valence-electron chi connectivity index (χ4n) is 2.31. The lowest BCUT2D eigenvalue weighted by Crippen LogP contribution is -2.30. The molecule has 29 heavy (non-hydrogen) atoms. The number of carbonyl (C=O) groups is 1. The van der Waals surface area contributed by atoms with E-state index in [9.17, 15) is 26.4 Å². The van der Waals surface area contributed by atoms with Crippen molar-refractivity contribution in [2.24, 2.45) is 0 Å². The predicted octanol–water partition coefficient (Wildman–Crippen LogP) is 2.56. The average molecular weight is 431 g/mol. The van der Waals surface area contributed by atoms with E-state index < -0.39 is 22.3 Å². The highest BCUT2D eigenvalue weighted by molar-refractivity contribution is 7.89. The summed E-state index contributed by atoms with van der Waals surface area (Å²) in [5, 5.41) is 5.36. The molecule has 0 bridgehead atoms. The van der Waals surface area contributed by atoms with Crippen molar-refractivity contribution in [3.63, 3.8) is 0 Å². The zero-order valence-corrected chi connectivity index (χ0v) is 16.5. The number of ether oxygens (including phenoxy) is 1. The van der Waals surface area contributed by atoms with Crippen LogP contribution in [0.5, 0.6) is 5.75 Å². The second kappa shape index (κ2) is 9.14. The molecule has 0 unspecified atom stereocenters. The summed E-state index contributed by atoms with van der Waals surface area (Å²) in [6.07, 6.45) is -4.77. The van der Waals surface area contributed by atoms with E-state index in [4.69, 9.17) is 0 Å². The summed E-state index contributed by atoms with van der Waals surface area (Å²) < 4.78 is 65.9. The maximum Gasteiger partial charge on any atom is 0.573 e. The minimum absolute atomic E-state index is 0.00210. The maximum atomic E-state index is 12.3. The number of benzene rings is 2. The minimum Gasteiger partial charge on any atom is -0.406 e. The molecule has 7 nitrogen and oxygen atoms in total. The van der Waals surface area contributed by atoms with Gasteiger partial charge in [0.05, 0.1) is 11.4 Å². The number of carbonyl (C=O) groups excluding carboxylic acids is 1. The van der Waals surface area contributed by atoms with Gasteiger partial charge < -0.3 is 15.4 Å². The third-order valence-corrected chi connectivity index (χ3v) is 5.66. The summed E-state index contributed by atoms with van der Waals surface area (Å²) in [5.74, 6) is -0.788. The number of halogens is 3. The molecule has 1 amide bonds. The van der Waals surface area contributed by atoms with Gasteiger partial charge in [-0.1, -0.05) is 18.2 Å². The molecular weight excluding hydrogens is 411 g/mol. The van der Waals surface area contributed by atoms with Crippen LogP contribution in [0.4, 0.5) is 18.9 Å². The monoisotopic (exact) mass is 431 g/mol. The number of nitrogens with one attached hydrogen (secondary N) is 2. The Morgan fingerprint density at radius 1 is 1.07 bits per heavy atom. The van der Waals surface area contributed by atoms with E-state index in [1.54, 1.807) is 18.2 Å². The highest BCUT2D eigenvalue weighted by atomic mass is 32.2. The van der Waals surface area contributed by atoms with Gasteiger partial charge >= 0.3 is 6.36 Å². The lowest BCUT2D eigenvalue weighted by atomic mass is 10.2. The van der Waals surface area contributed by atoms with Crippen molar-refractivity contribution >= 4 is 21.6 Å². The van der Waals surface area contributed by atoms with Gasteiger partial charge in [0.25, 0.3) is 0 Å². The standard InChI is InChI=1S/C18H20F3N3O4S/c1-24(2)29(26,27)16-6-4-3-5-13(16)11-23-17(25)12-22-14-7-9-15(10-8-14)28-18(19,20)21/h3-10,22H,11-12H2,1-2H3,(H,23,25). The Hall–Kier alpha value is -2.79. The number of anilines is 1. The fourth-order valence-corrected chi connectivity index (χ4v) is 3.43. The summed E-state index contributed by atoms with van der Waals surface area (Å²) in [5.41, 5.74) is 0.855. The van der Waals surface area contributed by atoms with Crippen molar-refractivity contribution < 1.29 is 31.1 Å². The normalized spacial score (nSPS) is 11.9. The van der Waals surface area contributed by atoms with Crippen molar-refractivity contribution in [3.8, 4) is 5.75 Å². The van der Waals surface area contributed by atoms with Gasteiger partial charge in [-0.05, 0) is 35.9 Å². The Morgan fingerprint density at radius 2 is 1.69 bits per heavy atom. The van der Waals surface area contributed by atoms with Gasteiger partial charge in [-0.2, -0.15) is 0 Å². The summed E-state index contributed by atoms with van der Waals surface area (Å²) >= 11 is 0. The minimum atomic E-state index is -4.77. The Morgan fingerprint density at radius 3 is 2.28 bits per heavy atom. The molecule has 2 rings (SSSR count). The number of hydrogen-bond acceptors (Lipinski definition) is 5. The first-order chi connectivity index (χ1) is 13.5. The molecule has 158 valence electrons. The van der Waals surface area contributed by atoms with Crippen LogP contribution in [0.3, 0.4) is 0 Å². The molecule has 0 spiro atoms. The van der Waals surface area contributed by atoms with E-state index >= 15 is 0 Å². The molecule has 2 aromatic carbocycles. The van der Waals surface area contributed by atoms with Gasteiger partial charge in [0, 0.05) is 26.3 Å². The van der Waals surface area contributed by atoms with Crippen molar-refractivity contribution in [3.05, 3.63) is 54.1 Å². The smallest absolute Gasteiger partial charge is 0.406 e. The molecule has 0 aliphatic rings. The Kier molecular flexibility index (Phi) is 7.09. The lowest BCUT2D eigenvalue weighted by Gasteiger charge is -2.15. The molecule has 2 N–H and O–H groups in total. The van der Waals surface area contributed by atoms with Crippen molar-refractivity contribution in [2.75, 3.05) is 26.0 Å². The fraction of sp³-hybridized carbons (Fsp3) is 0.278. The topological polar surface area (TPSA) is 87.7 Å². The van der Waals surface area contributed by atoms with E-state index in [2.05, 4.69) is 15.4 Å². The molecule has 0 saturated carbocycles. The van der Waals surface area contributed by atoms with Crippen LogP contribution >= 0.6 is 0 Å². The van der Waals surface area contributed by atoms with Gasteiger partial charge in [0.2, 0.25) is 15.9 Å². The molecule has 0 radical (unpaired) electrons. The average Bonchev–Trinajstić information content (AvgIpc) is 2.64. The molecule has 0 saturated heterocycles. The summed E-state index contributed by atoms with van der Waals surface area (Å²) in [6, 6.07) is 11.2. The van der Waals surface area contributed by atoms with Crippen LogP contribution in [-0.2, 0) is 21.4 Å². The van der Waals surface area contributed by atoms with Crippen LogP contribution < -0.4 is 15.4 Å². The second-order valence-electron chi connectivity index (χ2n) is 6.10.